The fourth-order valence-electron chi connectivity index (χ4n) is 3.73. The molecular weight excluding hydrogens is 305 g/mol. The monoisotopic (exact) mass is 327 g/mol. The molecule has 1 saturated heterocycles. The summed E-state index contributed by atoms with van der Waals surface area (Å²) in [6.45, 7) is 3.71. The van der Waals surface area contributed by atoms with E-state index in [0.717, 1.165) is 51.1 Å². The van der Waals surface area contributed by atoms with E-state index in [4.69, 9.17) is 4.74 Å². The van der Waals surface area contributed by atoms with E-state index in [1.54, 1.807) is 12.1 Å². The number of H-pyrrole nitrogens is 1. The molecule has 0 radical (unpaired) electrons. The van der Waals surface area contributed by atoms with E-state index in [-0.39, 0.29) is 11.4 Å². The Balaban J connectivity index is 1.35. The Kier molecular flexibility index (Phi) is 4.21. The summed E-state index contributed by atoms with van der Waals surface area (Å²) in [5.74, 6) is -0.195. The van der Waals surface area contributed by atoms with Gasteiger partial charge in [-0.05, 0) is 42.5 Å². The van der Waals surface area contributed by atoms with Crippen LogP contribution in [0.2, 0.25) is 0 Å². The van der Waals surface area contributed by atoms with Crippen molar-refractivity contribution in [3.05, 3.63) is 59.2 Å². The molecule has 4 rings (SSSR count). The van der Waals surface area contributed by atoms with Crippen LogP contribution in [0.25, 0.3) is 6.08 Å². The van der Waals surface area contributed by atoms with Gasteiger partial charge in [0.05, 0.1) is 18.5 Å². The largest absolute Gasteiger partial charge is 0.368 e. The molecule has 3 heterocycles. The summed E-state index contributed by atoms with van der Waals surface area (Å²) in [6.07, 6.45) is 9.08. The van der Waals surface area contributed by atoms with Crippen LogP contribution in [0.1, 0.15) is 29.7 Å². The zero-order valence-electron chi connectivity index (χ0n) is 13.7. The molecule has 24 heavy (non-hydrogen) atoms. The van der Waals surface area contributed by atoms with E-state index in [9.17, 15) is 4.39 Å². The van der Waals surface area contributed by atoms with Gasteiger partial charge in [-0.2, -0.15) is 5.10 Å². The Morgan fingerprint density at radius 2 is 2.04 bits per heavy atom. The minimum atomic E-state index is -0.195. The maximum absolute atomic E-state index is 12.9. The standard InChI is InChI=1S/C19H22FN3O/c20-17-5-3-15(4-6-17)2-1-10-23-11-8-19(9-12-23)18-16(7-13-24-19)14-21-22-18/h1-6,14H,7-13H2,(H,21,22)/b2-1+. The van der Waals surface area contributed by atoms with Crippen LogP contribution in [0.4, 0.5) is 4.39 Å². The molecule has 5 heteroatoms. The molecule has 0 amide bonds. The van der Waals surface area contributed by atoms with Gasteiger partial charge in [0.15, 0.2) is 0 Å². The zero-order chi connectivity index (χ0) is 16.4. The summed E-state index contributed by atoms with van der Waals surface area (Å²) in [6, 6.07) is 6.58. The second-order valence-electron chi connectivity index (χ2n) is 6.62. The maximum Gasteiger partial charge on any atom is 0.123 e. The Labute approximate surface area is 141 Å². The summed E-state index contributed by atoms with van der Waals surface area (Å²) in [5.41, 5.74) is 3.37. The molecule has 2 aromatic rings. The van der Waals surface area contributed by atoms with Crippen LogP contribution in [-0.2, 0) is 16.8 Å². The number of hydrogen-bond acceptors (Lipinski definition) is 3. The first kappa shape index (κ1) is 15.5. The van der Waals surface area contributed by atoms with E-state index < -0.39 is 0 Å². The van der Waals surface area contributed by atoms with Gasteiger partial charge in [-0.3, -0.25) is 10.00 Å². The molecule has 4 nitrogen and oxygen atoms in total. The number of nitrogens with zero attached hydrogens (tertiary/aromatic N) is 2. The van der Waals surface area contributed by atoms with Crippen molar-refractivity contribution in [1.29, 1.82) is 0 Å². The number of hydrogen-bond donors (Lipinski definition) is 1. The summed E-state index contributed by atoms with van der Waals surface area (Å²) in [7, 11) is 0. The second-order valence-corrected chi connectivity index (χ2v) is 6.62. The van der Waals surface area contributed by atoms with Gasteiger partial charge in [0.25, 0.3) is 0 Å². The molecule has 2 aliphatic heterocycles. The Bertz CT molecular complexity index is 714. The molecule has 0 saturated carbocycles. The van der Waals surface area contributed by atoms with Gasteiger partial charge >= 0.3 is 0 Å². The van der Waals surface area contributed by atoms with Crippen molar-refractivity contribution < 1.29 is 9.13 Å². The number of halogens is 1. The first-order valence-corrected chi connectivity index (χ1v) is 8.56. The minimum absolute atomic E-state index is 0.165. The van der Waals surface area contributed by atoms with Crippen LogP contribution in [0, 0.1) is 5.82 Å². The van der Waals surface area contributed by atoms with Gasteiger partial charge < -0.3 is 4.74 Å². The van der Waals surface area contributed by atoms with Crippen molar-refractivity contribution in [3.63, 3.8) is 0 Å². The number of nitrogens with one attached hydrogen (secondary N) is 1. The smallest absolute Gasteiger partial charge is 0.123 e. The first-order chi connectivity index (χ1) is 11.8. The van der Waals surface area contributed by atoms with Gasteiger partial charge in [-0.25, -0.2) is 4.39 Å². The number of fused-ring (bicyclic) bond motifs is 2. The molecule has 1 N–H and O–H groups in total. The van der Waals surface area contributed by atoms with Gasteiger partial charge in [-0.1, -0.05) is 24.3 Å². The number of likely N-dealkylation sites (tertiary alicyclic amines) is 1. The lowest BCUT2D eigenvalue weighted by Crippen LogP contribution is -2.46. The molecule has 1 aromatic heterocycles. The summed E-state index contributed by atoms with van der Waals surface area (Å²) in [5, 5.41) is 7.37. The van der Waals surface area contributed by atoms with Crippen molar-refractivity contribution in [2.75, 3.05) is 26.2 Å². The third kappa shape index (κ3) is 3.01. The highest BCUT2D eigenvalue weighted by atomic mass is 19.1. The molecule has 1 spiro atoms. The van der Waals surface area contributed by atoms with Crippen LogP contribution in [0.5, 0.6) is 0 Å². The molecule has 1 fully saturated rings. The lowest BCUT2D eigenvalue weighted by molar-refractivity contribution is -0.0993. The topological polar surface area (TPSA) is 41.1 Å². The van der Waals surface area contributed by atoms with E-state index in [0.29, 0.717) is 0 Å². The molecule has 0 aliphatic carbocycles. The Morgan fingerprint density at radius 1 is 1.25 bits per heavy atom. The van der Waals surface area contributed by atoms with Crippen molar-refractivity contribution in [1.82, 2.24) is 15.1 Å². The van der Waals surface area contributed by atoms with E-state index in [1.165, 1.54) is 23.4 Å². The van der Waals surface area contributed by atoms with Crippen molar-refractivity contribution in [3.8, 4) is 0 Å². The maximum atomic E-state index is 12.9. The quantitative estimate of drug-likeness (QED) is 0.942. The third-order valence-corrected chi connectivity index (χ3v) is 5.13. The average molecular weight is 327 g/mol. The number of piperidine rings is 1. The molecule has 126 valence electrons. The normalized spacial score (nSPS) is 20.5. The highest BCUT2D eigenvalue weighted by Crippen LogP contribution is 2.40. The third-order valence-electron chi connectivity index (χ3n) is 5.13. The molecule has 1 aromatic carbocycles. The van der Waals surface area contributed by atoms with E-state index >= 15 is 0 Å². The van der Waals surface area contributed by atoms with E-state index in [2.05, 4.69) is 21.2 Å². The SMILES string of the molecule is Fc1ccc(/C=C/CN2CCC3(CC2)OCCc2cn[nH]c23)cc1. The molecule has 2 aliphatic rings. The fourth-order valence-corrected chi connectivity index (χ4v) is 3.73. The highest BCUT2D eigenvalue weighted by molar-refractivity contribution is 5.49. The predicted octanol–water partition coefficient (Wildman–Crippen LogP) is 3.13. The number of aromatic amines is 1. The number of benzene rings is 1. The van der Waals surface area contributed by atoms with Gasteiger partial charge in [0.2, 0.25) is 0 Å². The minimum Gasteiger partial charge on any atom is -0.368 e. The van der Waals surface area contributed by atoms with Crippen LogP contribution in [0.15, 0.2) is 36.5 Å². The summed E-state index contributed by atoms with van der Waals surface area (Å²) in [4.78, 5) is 2.43. The zero-order valence-corrected chi connectivity index (χ0v) is 13.7. The fraction of sp³-hybridized carbons (Fsp3) is 0.421. The molecule has 0 atom stereocenters. The molecular formula is C19H22FN3O. The summed E-state index contributed by atoms with van der Waals surface area (Å²) < 4.78 is 19.1. The first-order valence-electron chi connectivity index (χ1n) is 8.56. The number of rotatable bonds is 3. The molecule has 0 unspecified atom stereocenters. The van der Waals surface area contributed by atoms with Crippen LogP contribution < -0.4 is 0 Å². The van der Waals surface area contributed by atoms with Gasteiger partial charge in [-0.15, -0.1) is 0 Å². The predicted molar refractivity (Wildman–Crippen MR) is 91.0 cm³/mol. The van der Waals surface area contributed by atoms with Crippen molar-refractivity contribution >= 4 is 6.08 Å². The van der Waals surface area contributed by atoms with Crippen molar-refractivity contribution in [2.45, 2.75) is 24.9 Å². The Morgan fingerprint density at radius 3 is 2.83 bits per heavy atom. The van der Waals surface area contributed by atoms with Gasteiger partial charge in [0, 0.05) is 19.6 Å². The number of aromatic nitrogens is 2. The van der Waals surface area contributed by atoms with E-state index in [1.807, 2.05) is 12.3 Å². The number of ether oxygens (including phenoxy) is 1. The van der Waals surface area contributed by atoms with Gasteiger partial charge in [0.1, 0.15) is 11.4 Å². The Hall–Kier alpha value is -1.98. The average Bonchev–Trinajstić information content (AvgIpc) is 3.09. The summed E-state index contributed by atoms with van der Waals surface area (Å²) >= 11 is 0. The van der Waals surface area contributed by atoms with Crippen LogP contribution >= 0.6 is 0 Å². The van der Waals surface area contributed by atoms with Crippen LogP contribution in [0.3, 0.4) is 0 Å². The van der Waals surface area contributed by atoms with Crippen LogP contribution in [-0.4, -0.2) is 41.3 Å². The van der Waals surface area contributed by atoms with Crippen molar-refractivity contribution in [2.24, 2.45) is 0 Å². The lowest BCUT2D eigenvalue weighted by Gasteiger charge is -2.43. The second kappa shape index (κ2) is 6.49. The molecule has 0 bridgehead atoms. The lowest BCUT2D eigenvalue weighted by atomic mass is 9.84. The highest BCUT2D eigenvalue weighted by Gasteiger charge is 2.41.